The summed E-state index contributed by atoms with van der Waals surface area (Å²) in [5, 5.41) is 11.0. The number of aliphatic hydroxyl groups is 1. The van der Waals surface area contributed by atoms with Gasteiger partial charge in [-0.2, -0.15) is 0 Å². The first-order valence-electron chi connectivity index (χ1n) is 5.38. The third kappa shape index (κ3) is 2.66. The number of aliphatic hydroxyl groups excluding tert-OH is 1. The van der Waals surface area contributed by atoms with Crippen molar-refractivity contribution in [1.82, 2.24) is 0 Å². The van der Waals surface area contributed by atoms with Crippen molar-refractivity contribution < 1.29 is 9.50 Å². The highest BCUT2D eigenvalue weighted by atomic mass is 35.5. The summed E-state index contributed by atoms with van der Waals surface area (Å²) in [6, 6.07) is 9.31. The molecule has 2 aromatic rings. The first kappa shape index (κ1) is 13.3. The van der Waals surface area contributed by atoms with Gasteiger partial charge in [-0.15, -0.1) is 0 Å². The predicted octanol–water partition coefficient (Wildman–Crippen LogP) is 4.52. The molecule has 0 amide bonds. The first-order chi connectivity index (χ1) is 8.49. The van der Waals surface area contributed by atoms with Gasteiger partial charge >= 0.3 is 0 Å². The zero-order valence-electron chi connectivity index (χ0n) is 9.62. The fourth-order valence-corrected chi connectivity index (χ4v) is 2.28. The van der Waals surface area contributed by atoms with E-state index in [4.69, 9.17) is 23.2 Å². The summed E-state index contributed by atoms with van der Waals surface area (Å²) in [6.45, 7) is 1.83. The molecule has 0 saturated carbocycles. The first-order valence-corrected chi connectivity index (χ1v) is 6.13. The number of hydrogen-bond donors (Lipinski definition) is 1. The molecule has 0 aromatic heterocycles. The average Bonchev–Trinajstić information content (AvgIpc) is 2.31. The Morgan fingerprint density at radius 3 is 2.44 bits per heavy atom. The molecular weight excluding hydrogens is 274 g/mol. The Hall–Kier alpha value is -1.09. The molecule has 4 heteroatoms. The molecule has 1 unspecified atom stereocenters. The maximum atomic E-state index is 13.7. The third-order valence-corrected chi connectivity index (χ3v) is 3.27. The van der Waals surface area contributed by atoms with Gasteiger partial charge in [0.2, 0.25) is 0 Å². The van der Waals surface area contributed by atoms with Crippen molar-refractivity contribution in [1.29, 1.82) is 0 Å². The van der Waals surface area contributed by atoms with Gasteiger partial charge in [0.1, 0.15) is 11.9 Å². The van der Waals surface area contributed by atoms with Gasteiger partial charge in [-0.25, -0.2) is 4.39 Å². The van der Waals surface area contributed by atoms with Crippen LogP contribution in [0.15, 0.2) is 36.4 Å². The van der Waals surface area contributed by atoms with Gasteiger partial charge in [0, 0.05) is 21.2 Å². The van der Waals surface area contributed by atoms with Crippen molar-refractivity contribution in [3.63, 3.8) is 0 Å². The molecule has 94 valence electrons. The van der Waals surface area contributed by atoms with Crippen molar-refractivity contribution >= 4 is 23.2 Å². The molecule has 0 radical (unpaired) electrons. The minimum absolute atomic E-state index is 0.208. The van der Waals surface area contributed by atoms with Crippen molar-refractivity contribution in [2.75, 3.05) is 0 Å². The maximum Gasteiger partial charge on any atom is 0.129 e. The van der Waals surface area contributed by atoms with E-state index in [0.29, 0.717) is 15.6 Å². The largest absolute Gasteiger partial charge is 0.383 e. The molecule has 0 aliphatic carbocycles. The smallest absolute Gasteiger partial charge is 0.129 e. The molecule has 18 heavy (non-hydrogen) atoms. The van der Waals surface area contributed by atoms with Gasteiger partial charge in [0.15, 0.2) is 0 Å². The Morgan fingerprint density at radius 2 is 1.78 bits per heavy atom. The molecule has 1 N–H and O–H groups in total. The highest BCUT2D eigenvalue weighted by Crippen LogP contribution is 2.31. The van der Waals surface area contributed by atoms with Crippen LogP contribution in [0, 0.1) is 12.7 Å². The van der Waals surface area contributed by atoms with Crippen LogP contribution in [0.5, 0.6) is 0 Å². The lowest BCUT2D eigenvalue weighted by atomic mass is 9.99. The zero-order valence-corrected chi connectivity index (χ0v) is 11.1. The Morgan fingerprint density at radius 1 is 1.06 bits per heavy atom. The lowest BCUT2D eigenvalue weighted by molar-refractivity contribution is 0.215. The van der Waals surface area contributed by atoms with Crippen molar-refractivity contribution in [3.8, 4) is 0 Å². The summed E-state index contributed by atoms with van der Waals surface area (Å²) in [4.78, 5) is 0. The Bertz CT molecular complexity index is 584. The number of hydrogen-bond acceptors (Lipinski definition) is 1. The molecule has 2 aromatic carbocycles. The number of benzene rings is 2. The summed E-state index contributed by atoms with van der Waals surface area (Å²) in [7, 11) is 0. The van der Waals surface area contributed by atoms with E-state index in [2.05, 4.69) is 0 Å². The van der Waals surface area contributed by atoms with Crippen LogP contribution in [-0.2, 0) is 0 Å². The van der Waals surface area contributed by atoms with E-state index in [-0.39, 0.29) is 5.56 Å². The van der Waals surface area contributed by atoms with E-state index in [1.807, 2.05) is 6.92 Å². The number of aryl methyl sites for hydroxylation is 1. The molecule has 0 saturated heterocycles. The summed E-state index contributed by atoms with van der Waals surface area (Å²) < 4.78 is 13.7. The SMILES string of the molecule is Cc1ccc(F)c(C(O)c2ccc(Cl)cc2Cl)c1. The molecule has 0 bridgehead atoms. The lowest BCUT2D eigenvalue weighted by Crippen LogP contribution is -2.03. The minimum Gasteiger partial charge on any atom is -0.383 e. The number of halogens is 3. The molecule has 0 heterocycles. The average molecular weight is 285 g/mol. The van der Waals surface area contributed by atoms with E-state index < -0.39 is 11.9 Å². The minimum atomic E-state index is -1.10. The van der Waals surface area contributed by atoms with E-state index in [1.54, 1.807) is 24.3 Å². The van der Waals surface area contributed by atoms with Crippen molar-refractivity contribution in [3.05, 3.63) is 69.0 Å². The van der Waals surface area contributed by atoms with E-state index in [1.165, 1.54) is 12.1 Å². The molecule has 0 spiro atoms. The monoisotopic (exact) mass is 284 g/mol. The third-order valence-electron chi connectivity index (χ3n) is 2.70. The van der Waals surface area contributed by atoms with Crippen LogP contribution >= 0.6 is 23.2 Å². The van der Waals surface area contributed by atoms with Crippen molar-refractivity contribution in [2.45, 2.75) is 13.0 Å². The van der Waals surface area contributed by atoms with Gasteiger partial charge in [-0.05, 0) is 25.1 Å². The predicted molar refractivity (Wildman–Crippen MR) is 71.7 cm³/mol. The Labute approximate surface area is 115 Å². The van der Waals surface area contributed by atoms with Crippen LogP contribution < -0.4 is 0 Å². The van der Waals surface area contributed by atoms with Crippen LogP contribution in [0.3, 0.4) is 0 Å². The molecule has 0 fully saturated rings. The topological polar surface area (TPSA) is 20.2 Å². The van der Waals surface area contributed by atoms with Gasteiger partial charge in [-0.3, -0.25) is 0 Å². The van der Waals surface area contributed by atoms with Crippen LogP contribution in [0.4, 0.5) is 4.39 Å². The highest BCUT2D eigenvalue weighted by Gasteiger charge is 2.17. The quantitative estimate of drug-likeness (QED) is 0.860. The lowest BCUT2D eigenvalue weighted by Gasteiger charge is -2.14. The molecule has 0 aliphatic heterocycles. The van der Waals surface area contributed by atoms with Gasteiger partial charge in [0.25, 0.3) is 0 Å². The van der Waals surface area contributed by atoms with Crippen LogP contribution in [-0.4, -0.2) is 5.11 Å². The Kier molecular flexibility index (Phi) is 3.91. The second-order valence-electron chi connectivity index (χ2n) is 4.09. The zero-order chi connectivity index (χ0) is 13.3. The Balaban J connectivity index is 2.47. The normalized spacial score (nSPS) is 12.5. The molecule has 2 rings (SSSR count). The van der Waals surface area contributed by atoms with Gasteiger partial charge < -0.3 is 5.11 Å². The molecular formula is C14H11Cl2FO. The molecule has 0 aliphatic rings. The van der Waals surface area contributed by atoms with Crippen molar-refractivity contribution in [2.24, 2.45) is 0 Å². The second-order valence-corrected chi connectivity index (χ2v) is 4.94. The summed E-state index contributed by atoms with van der Waals surface area (Å²) in [6.07, 6.45) is -1.10. The van der Waals surface area contributed by atoms with E-state index >= 15 is 0 Å². The standard InChI is InChI=1S/C14H11Cl2FO/c1-8-2-5-13(17)11(6-8)14(18)10-4-3-9(15)7-12(10)16/h2-7,14,18H,1H3. The summed E-state index contributed by atoms with van der Waals surface area (Å²) >= 11 is 11.8. The highest BCUT2D eigenvalue weighted by molar-refractivity contribution is 6.35. The second kappa shape index (κ2) is 5.27. The summed E-state index contributed by atoms with van der Waals surface area (Å²) in [5.74, 6) is -0.459. The summed E-state index contributed by atoms with van der Waals surface area (Å²) in [5.41, 5.74) is 1.51. The maximum absolute atomic E-state index is 13.7. The van der Waals surface area contributed by atoms with Gasteiger partial charge in [-0.1, -0.05) is 47.0 Å². The number of rotatable bonds is 2. The van der Waals surface area contributed by atoms with E-state index in [0.717, 1.165) is 5.56 Å². The van der Waals surface area contributed by atoms with E-state index in [9.17, 15) is 9.50 Å². The van der Waals surface area contributed by atoms with Crippen LogP contribution in [0.2, 0.25) is 10.0 Å². The van der Waals surface area contributed by atoms with Gasteiger partial charge in [0.05, 0.1) is 0 Å². The van der Waals surface area contributed by atoms with Crippen LogP contribution in [0.1, 0.15) is 22.8 Å². The van der Waals surface area contributed by atoms with Crippen LogP contribution in [0.25, 0.3) is 0 Å². The molecule has 1 nitrogen and oxygen atoms in total. The fraction of sp³-hybridized carbons (Fsp3) is 0.143. The fourth-order valence-electron chi connectivity index (χ4n) is 1.76. The molecule has 1 atom stereocenters.